The summed E-state index contributed by atoms with van der Waals surface area (Å²) in [6, 6.07) is 13.2. The van der Waals surface area contributed by atoms with E-state index in [9.17, 15) is 9.59 Å². The Labute approximate surface area is 162 Å². The third-order valence-electron chi connectivity index (χ3n) is 4.91. The Balaban J connectivity index is 1.28. The first-order valence-electron chi connectivity index (χ1n) is 9.37. The van der Waals surface area contributed by atoms with Crippen LogP contribution >= 0.6 is 0 Å². The van der Waals surface area contributed by atoms with Gasteiger partial charge in [0, 0.05) is 56.4 Å². The fourth-order valence-electron chi connectivity index (χ4n) is 3.34. The molecule has 8 nitrogen and oxygen atoms in total. The van der Waals surface area contributed by atoms with Crippen LogP contribution in [0.25, 0.3) is 10.9 Å². The first kappa shape index (κ1) is 18.0. The number of hydrogen-bond donors (Lipinski definition) is 2. The van der Waals surface area contributed by atoms with Crippen molar-refractivity contribution in [3.8, 4) is 0 Å². The summed E-state index contributed by atoms with van der Waals surface area (Å²) in [5.74, 6) is -0.104. The van der Waals surface area contributed by atoms with Gasteiger partial charge in [0.05, 0.1) is 5.52 Å². The number of H-pyrrole nitrogens is 1. The van der Waals surface area contributed by atoms with Crippen LogP contribution in [0.5, 0.6) is 0 Å². The van der Waals surface area contributed by atoms with E-state index in [2.05, 4.69) is 20.5 Å². The van der Waals surface area contributed by atoms with Gasteiger partial charge in [-0.2, -0.15) is 5.10 Å². The van der Waals surface area contributed by atoms with Crippen molar-refractivity contribution in [3.05, 3.63) is 60.0 Å². The molecule has 2 N–H and O–H groups in total. The zero-order chi connectivity index (χ0) is 19.3. The molecule has 28 heavy (non-hydrogen) atoms. The van der Waals surface area contributed by atoms with E-state index in [0.717, 1.165) is 16.6 Å². The predicted octanol–water partition coefficient (Wildman–Crippen LogP) is 1.67. The number of fused-ring (bicyclic) bond motifs is 1. The minimum atomic E-state index is -0.104. The first-order valence-corrected chi connectivity index (χ1v) is 9.37. The highest BCUT2D eigenvalue weighted by atomic mass is 16.2. The second-order valence-corrected chi connectivity index (χ2v) is 6.70. The number of amides is 3. The van der Waals surface area contributed by atoms with Gasteiger partial charge in [-0.1, -0.05) is 24.3 Å². The van der Waals surface area contributed by atoms with Gasteiger partial charge in [-0.05, 0) is 18.2 Å². The molecule has 0 atom stereocenters. The molecule has 1 aliphatic rings. The molecule has 8 heteroatoms. The number of pyridine rings is 1. The van der Waals surface area contributed by atoms with Crippen LogP contribution in [0.1, 0.15) is 16.2 Å². The highest BCUT2D eigenvalue weighted by Gasteiger charge is 2.26. The lowest BCUT2D eigenvalue weighted by molar-refractivity contribution is 0.0661. The molecule has 0 saturated carbocycles. The average Bonchev–Trinajstić information content (AvgIpc) is 3.18. The molecule has 0 bridgehead atoms. The molecule has 0 unspecified atom stereocenters. The zero-order valence-electron chi connectivity index (χ0n) is 15.5. The number of urea groups is 1. The number of rotatable bonds is 4. The number of carbonyl (C=O) groups is 2. The topological polar surface area (TPSA) is 94.2 Å². The van der Waals surface area contributed by atoms with E-state index in [0.29, 0.717) is 44.8 Å². The monoisotopic (exact) mass is 378 g/mol. The van der Waals surface area contributed by atoms with Gasteiger partial charge in [0.1, 0.15) is 0 Å². The average molecular weight is 378 g/mol. The summed E-state index contributed by atoms with van der Waals surface area (Å²) in [6.07, 6.45) is 2.44. The smallest absolute Gasteiger partial charge is 0.317 e. The summed E-state index contributed by atoms with van der Waals surface area (Å²) in [5, 5.41) is 10.8. The molecule has 3 amide bonds. The Morgan fingerprint density at radius 3 is 2.54 bits per heavy atom. The molecule has 1 saturated heterocycles. The summed E-state index contributed by atoms with van der Waals surface area (Å²) in [7, 11) is 0. The maximum Gasteiger partial charge on any atom is 0.317 e. The van der Waals surface area contributed by atoms with Gasteiger partial charge in [-0.25, -0.2) is 4.79 Å². The molecule has 144 valence electrons. The molecule has 4 rings (SSSR count). The van der Waals surface area contributed by atoms with Crippen molar-refractivity contribution in [1.29, 1.82) is 0 Å². The number of aromatic amines is 1. The Morgan fingerprint density at radius 2 is 1.75 bits per heavy atom. The lowest BCUT2D eigenvalue weighted by atomic mass is 10.2. The summed E-state index contributed by atoms with van der Waals surface area (Å²) in [6.45, 7) is 2.53. The lowest BCUT2D eigenvalue weighted by Crippen LogP contribution is -2.53. The molecule has 2 aromatic heterocycles. The second-order valence-electron chi connectivity index (χ2n) is 6.70. The van der Waals surface area contributed by atoms with Gasteiger partial charge in [-0.3, -0.25) is 14.9 Å². The minimum Gasteiger partial charge on any atom is -0.338 e. The van der Waals surface area contributed by atoms with Crippen LogP contribution in [0.2, 0.25) is 0 Å². The summed E-state index contributed by atoms with van der Waals surface area (Å²) < 4.78 is 0. The largest absolute Gasteiger partial charge is 0.338 e. The molecule has 0 spiro atoms. The molecular formula is C20H22N6O2. The number of hydrogen-bond acceptors (Lipinski definition) is 4. The van der Waals surface area contributed by atoms with E-state index >= 15 is 0 Å². The van der Waals surface area contributed by atoms with E-state index in [4.69, 9.17) is 0 Å². The maximum absolute atomic E-state index is 12.8. The van der Waals surface area contributed by atoms with Crippen molar-refractivity contribution in [2.45, 2.75) is 6.42 Å². The fraction of sp³-hybridized carbons (Fsp3) is 0.300. The summed E-state index contributed by atoms with van der Waals surface area (Å²) >= 11 is 0. The van der Waals surface area contributed by atoms with Crippen molar-refractivity contribution in [1.82, 2.24) is 30.3 Å². The number of benzene rings is 1. The number of aromatic nitrogens is 3. The molecule has 1 aliphatic heterocycles. The van der Waals surface area contributed by atoms with Crippen molar-refractivity contribution >= 4 is 22.8 Å². The van der Waals surface area contributed by atoms with Crippen LogP contribution in [-0.4, -0.2) is 69.6 Å². The Hall–Kier alpha value is -3.42. The van der Waals surface area contributed by atoms with Crippen LogP contribution in [0.15, 0.2) is 48.7 Å². The van der Waals surface area contributed by atoms with Crippen molar-refractivity contribution < 1.29 is 9.59 Å². The van der Waals surface area contributed by atoms with Crippen LogP contribution in [0.3, 0.4) is 0 Å². The Kier molecular flexibility index (Phi) is 5.18. The molecule has 1 fully saturated rings. The number of nitrogens with one attached hydrogen (secondary N) is 2. The third-order valence-corrected chi connectivity index (χ3v) is 4.91. The van der Waals surface area contributed by atoms with Gasteiger partial charge < -0.3 is 15.1 Å². The van der Waals surface area contributed by atoms with E-state index in [1.165, 1.54) is 0 Å². The van der Waals surface area contributed by atoms with E-state index in [1.807, 2.05) is 42.5 Å². The van der Waals surface area contributed by atoms with Crippen LogP contribution < -0.4 is 5.32 Å². The normalized spacial score (nSPS) is 14.3. The molecule has 3 heterocycles. The highest BCUT2D eigenvalue weighted by molar-refractivity contribution is 6.04. The lowest BCUT2D eigenvalue weighted by Gasteiger charge is -2.34. The van der Waals surface area contributed by atoms with Gasteiger partial charge >= 0.3 is 6.03 Å². The third kappa shape index (κ3) is 3.80. The molecular weight excluding hydrogens is 356 g/mol. The summed E-state index contributed by atoms with van der Waals surface area (Å²) in [4.78, 5) is 32.9. The van der Waals surface area contributed by atoms with Crippen LogP contribution in [-0.2, 0) is 6.42 Å². The Bertz CT molecular complexity index is 963. The summed E-state index contributed by atoms with van der Waals surface area (Å²) in [5.41, 5.74) is 2.23. The maximum atomic E-state index is 12.8. The SMILES string of the molecule is O=C(NCCc1ccccn1)N1CCN(C(=O)c2n[nH]c3ccccc23)CC1. The van der Waals surface area contributed by atoms with E-state index in [-0.39, 0.29) is 11.9 Å². The van der Waals surface area contributed by atoms with Crippen molar-refractivity contribution in [3.63, 3.8) is 0 Å². The van der Waals surface area contributed by atoms with Gasteiger partial charge in [0.2, 0.25) is 0 Å². The van der Waals surface area contributed by atoms with Crippen molar-refractivity contribution in [2.75, 3.05) is 32.7 Å². The standard InChI is InChI=1S/C20H22N6O2/c27-19(18-16-6-1-2-7-17(16)23-24-18)25-11-13-26(14-12-25)20(28)22-10-8-15-5-3-4-9-21-15/h1-7,9H,8,10-14H2,(H,22,28)(H,23,24). The predicted molar refractivity (Wildman–Crippen MR) is 105 cm³/mol. The zero-order valence-corrected chi connectivity index (χ0v) is 15.5. The number of carbonyl (C=O) groups excluding carboxylic acids is 2. The van der Waals surface area contributed by atoms with Crippen molar-refractivity contribution in [2.24, 2.45) is 0 Å². The molecule has 3 aromatic rings. The van der Waals surface area contributed by atoms with E-state index < -0.39 is 0 Å². The Morgan fingerprint density at radius 1 is 1.00 bits per heavy atom. The highest BCUT2D eigenvalue weighted by Crippen LogP contribution is 2.17. The van der Waals surface area contributed by atoms with E-state index in [1.54, 1.807) is 16.0 Å². The van der Waals surface area contributed by atoms with Gasteiger partial charge in [0.15, 0.2) is 5.69 Å². The number of para-hydroxylation sites is 1. The minimum absolute atomic E-state index is 0.103. The number of piperazine rings is 1. The van der Waals surface area contributed by atoms with Gasteiger partial charge in [0.25, 0.3) is 5.91 Å². The second kappa shape index (κ2) is 8.08. The first-order chi connectivity index (χ1) is 13.7. The quantitative estimate of drug-likeness (QED) is 0.722. The molecule has 1 aromatic carbocycles. The van der Waals surface area contributed by atoms with Crippen LogP contribution in [0, 0.1) is 0 Å². The molecule has 0 radical (unpaired) electrons. The fourth-order valence-corrected chi connectivity index (χ4v) is 3.34. The van der Waals surface area contributed by atoms with Gasteiger partial charge in [-0.15, -0.1) is 0 Å². The molecule has 0 aliphatic carbocycles. The van der Waals surface area contributed by atoms with Crippen LogP contribution in [0.4, 0.5) is 4.79 Å². The number of nitrogens with zero attached hydrogens (tertiary/aromatic N) is 4.